The molecule has 3 rings (SSSR count). The van der Waals surface area contributed by atoms with E-state index in [9.17, 15) is 9.59 Å². The zero-order valence-corrected chi connectivity index (χ0v) is 14.4. The summed E-state index contributed by atoms with van der Waals surface area (Å²) in [5.41, 5.74) is 2.87. The normalized spacial score (nSPS) is 10.7. The smallest absolute Gasteiger partial charge is 0.274 e. The number of pyridine rings is 1. The van der Waals surface area contributed by atoms with E-state index in [4.69, 9.17) is 4.74 Å². The van der Waals surface area contributed by atoms with Crippen molar-refractivity contribution in [1.29, 1.82) is 0 Å². The van der Waals surface area contributed by atoms with Gasteiger partial charge in [0.2, 0.25) is 0 Å². The van der Waals surface area contributed by atoms with E-state index in [0.29, 0.717) is 40.5 Å². The fourth-order valence-electron chi connectivity index (χ4n) is 2.74. The molecule has 0 aliphatic heterocycles. The second-order valence-electron chi connectivity index (χ2n) is 5.62. The van der Waals surface area contributed by atoms with Crippen LogP contribution in [-0.2, 0) is 6.42 Å². The number of benzene rings is 1. The number of carbonyl (C=O) groups excluding carboxylic acids is 2. The minimum Gasteiger partial charge on any atom is -0.493 e. The van der Waals surface area contributed by atoms with E-state index in [0.717, 1.165) is 0 Å². The van der Waals surface area contributed by atoms with Gasteiger partial charge in [0.1, 0.15) is 5.69 Å². The molecule has 0 aliphatic carbocycles. The number of hydrogen-bond donors (Lipinski definition) is 1. The number of aromatic nitrogens is 2. The molecule has 1 amide bonds. The van der Waals surface area contributed by atoms with E-state index in [1.807, 2.05) is 6.92 Å². The summed E-state index contributed by atoms with van der Waals surface area (Å²) in [6.45, 7) is 3.44. The molecule has 2 heterocycles. The number of ketones is 1. The number of nitrogens with zero attached hydrogens (tertiary/aromatic N) is 2. The highest BCUT2D eigenvalue weighted by atomic mass is 16.5. The Kier molecular flexibility index (Phi) is 4.52. The van der Waals surface area contributed by atoms with Gasteiger partial charge in [-0.2, -0.15) is 0 Å². The van der Waals surface area contributed by atoms with Crippen molar-refractivity contribution >= 4 is 23.0 Å². The second kappa shape index (κ2) is 6.76. The molecule has 0 unspecified atom stereocenters. The van der Waals surface area contributed by atoms with Crippen LogP contribution in [0.5, 0.6) is 5.75 Å². The Bertz CT molecular complexity index is 960. The van der Waals surface area contributed by atoms with Gasteiger partial charge in [-0.25, -0.2) is 4.98 Å². The first-order valence-corrected chi connectivity index (χ1v) is 8.01. The quantitative estimate of drug-likeness (QED) is 0.725. The molecule has 1 N–H and O–H groups in total. The van der Waals surface area contributed by atoms with Crippen LogP contribution in [0.3, 0.4) is 0 Å². The van der Waals surface area contributed by atoms with Crippen LogP contribution in [0.4, 0.5) is 5.69 Å². The fourth-order valence-corrected chi connectivity index (χ4v) is 2.74. The molecule has 6 heteroatoms. The Labute approximate surface area is 145 Å². The van der Waals surface area contributed by atoms with Crippen LogP contribution in [0, 0.1) is 0 Å². The van der Waals surface area contributed by atoms with Gasteiger partial charge in [-0.05, 0) is 37.6 Å². The number of Topliss-reactive ketones (excluding diaryl/α,β-unsaturated/α-hetero) is 1. The van der Waals surface area contributed by atoms with Crippen molar-refractivity contribution < 1.29 is 14.3 Å². The molecule has 0 spiro atoms. The summed E-state index contributed by atoms with van der Waals surface area (Å²) in [5.74, 6) is 0.276. The van der Waals surface area contributed by atoms with Crippen molar-refractivity contribution in [3.8, 4) is 5.75 Å². The predicted molar refractivity (Wildman–Crippen MR) is 95.5 cm³/mol. The number of rotatable bonds is 5. The average molecular weight is 337 g/mol. The van der Waals surface area contributed by atoms with Crippen molar-refractivity contribution in [3.05, 3.63) is 59.5 Å². The number of hydrogen-bond acceptors (Lipinski definition) is 4. The molecular weight excluding hydrogens is 318 g/mol. The van der Waals surface area contributed by atoms with Crippen molar-refractivity contribution in [3.63, 3.8) is 0 Å². The zero-order valence-electron chi connectivity index (χ0n) is 14.4. The van der Waals surface area contributed by atoms with Gasteiger partial charge in [0.25, 0.3) is 5.91 Å². The Morgan fingerprint density at radius 2 is 2.04 bits per heavy atom. The summed E-state index contributed by atoms with van der Waals surface area (Å²) in [6.07, 6.45) is 2.39. The van der Waals surface area contributed by atoms with E-state index in [-0.39, 0.29) is 11.7 Å². The van der Waals surface area contributed by atoms with Gasteiger partial charge in [0.15, 0.2) is 17.2 Å². The molecule has 1 aromatic carbocycles. The third-order valence-electron chi connectivity index (χ3n) is 3.98. The second-order valence-corrected chi connectivity index (χ2v) is 5.62. The first-order chi connectivity index (χ1) is 12.0. The molecule has 0 saturated carbocycles. The lowest BCUT2D eigenvalue weighted by molar-refractivity contribution is 0.100. The molecule has 0 fully saturated rings. The highest BCUT2D eigenvalue weighted by Gasteiger charge is 2.20. The molecule has 6 nitrogen and oxygen atoms in total. The van der Waals surface area contributed by atoms with Crippen molar-refractivity contribution in [1.82, 2.24) is 9.38 Å². The first-order valence-electron chi connectivity index (χ1n) is 8.01. The van der Waals surface area contributed by atoms with E-state index >= 15 is 0 Å². The summed E-state index contributed by atoms with van der Waals surface area (Å²) in [6, 6.07) is 10.5. The largest absolute Gasteiger partial charge is 0.493 e. The number of ether oxygens (including phenoxy) is 1. The van der Waals surface area contributed by atoms with E-state index in [2.05, 4.69) is 10.3 Å². The summed E-state index contributed by atoms with van der Waals surface area (Å²) in [4.78, 5) is 28.9. The van der Waals surface area contributed by atoms with E-state index < -0.39 is 0 Å². The third-order valence-corrected chi connectivity index (χ3v) is 3.98. The number of aryl methyl sites for hydroxylation is 1. The Hall–Kier alpha value is -3.15. The predicted octanol–water partition coefficient (Wildman–Crippen LogP) is 3.36. The van der Waals surface area contributed by atoms with Gasteiger partial charge in [-0.1, -0.05) is 19.1 Å². The number of methoxy groups -OCH3 is 1. The number of fused-ring (bicyclic) bond motifs is 1. The Morgan fingerprint density at radius 1 is 1.24 bits per heavy atom. The summed E-state index contributed by atoms with van der Waals surface area (Å²) < 4.78 is 7.05. The summed E-state index contributed by atoms with van der Waals surface area (Å²) in [5, 5.41) is 2.85. The van der Waals surface area contributed by atoms with Gasteiger partial charge in [0.05, 0.1) is 12.8 Å². The molecule has 128 valence electrons. The average Bonchev–Trinajstić information content (AvgIpc) is 3.00. The maximum atomic E-state index is 12.9. The summed E-state index contributed by atoms with van der Waals surface area (Å²) >= 11 is 0. The van der Waals surface area contributed by atoms with Gasteiger partial charge < -0.3 is 10.1 Å². The molecule has 0 bridgehead atoms. The highest BCUT2D eigenvalue weighted by molar-refractivity contribution is 6.05. The monoisotopic (exact) mass is 337 g/mol. The van der Waals surface area contributed by atoms with Crippen molar-refractivity contribution in [2.45, 2.75) is 20.3 Å². The number of imidazole rings is 1. The minimum atomic E-state index is -0.279. The van der Waals surface area contributed by atoms with Gasteiger partial charge >= 0.3 is 0 Å². The fraction of sp³-hybridized carbons (Fsp3) is 0.211. The molecule has 0 radical (unpaired) electrons. The number of nitrogens with one attached hydrogen (secondary N) is 1. The Morgan fingerprint density at radius 3 is 2.72 bits per heavy atom. The van der Waals surface area contributed by atoms with Crippen LogP contribution in [0.2, 0.25) is 0 Å². The van der Waals surface area contributed by atoms with Crippen LogP contribution < -0.4 is 10.1 Å². The minimum absolute atomic E-state index is 0.0510. The lowest BCUT2D eigenvalue weighted by atomic mass is 10.1. The molecule has 2 aromatic heterocycles. The first kappa shape index (κ1) is 16.7. The molecule has 0 atom stereocenters. The number of anilines is 1. The third kappa shape index (κ3) is 3.10. The SMILES string of the molecule is CCc1nc2c(OC)cccn2c1C(=O)Nc1cccc(C(C)=O)c1. The lowest BCUT2D eigenvalue weighted by Crippen LogP contribution is -2.16. The van der Waals surface area contributed by atoms with E-state index in [1.165, 1.54) is 6.92 Å². The van der Waals surface area contributed by atoms with Crippen LogP contribution in [0.15, 0.2) is 42.6 Å². The van der Waals surface area contributed by atoms with E-state index in [1.54, 1.807) is 54.1 Å². The van der Waals surface area contributed by atoms with Crippen LogP contribution in [0.25, 0.3) is 5.65 Å². The van der Waals surface area contributed by atoms with Crippen LogP contribution in [-0.4, -0.2) is 28.2 Å². The van der Waals surface area contributed by atoms with Crippen molar-refractivity contribution in [2.75, 3.05) is 12.4 Å². The highest BCUT2D eigenvalue weighted by Crippen LogP contribution is 2.23. The number of amides is 1. The molecular formula is C19H19N3O3. The van der Waals surface area contributed by atoms with Crippen LogP contribution in [0.1, 0.15) is 40.4 Å². The summed E-state index contributed by atoms with van der Waals surface area (Å²) in [7, 11) is 1.57. The maximum absolute atomic E-state index is 12.9. The molecule has 0 saturated heterocycles. The van der Waals surface area contributed by atoms with Gasteiger partial charge in [-0.15, -0.1) is 0 Å². The number of carbonyl (C=O) groups is 2. The van der Waals surface area contributed by atoms with Gasteiger partial charge in [-0.3, -0.25) is 14.0 Å². The molecule has 3 aromatic rings. The zero-order chi connectivity index (χ0) is 18.0. The Balaban J connectivity index is 2.02. The molecule has 0 aliphatic rings. The van der Waals surface area contributed by atoms with Crippen molar-refractivity contribution in [2.24, 2.45) is 0 Å². The van der Waals surface area contributed by atoms with Gasteiger partial charge in [0, 0.05) is 17.4 Å². The molecule has 25 heavy (non-hydrogen) atoms. The standard InChI is InChI=1S/C19H19N3O3/c1-4-15-17(22-10-6-9-16(25-3)18(22)21-15)19(24)20-14-8-5-7-13(11-14)12(2)23/h5-11H,4H2,1-3H3,(H,20,24). The van der Waals surface area contributed by atoms with Crippen LogP contribution >= 0.6 is 0 Å². The maximum Gasteiger partial charge on any atom is 0.274 e. The topological polar surface area (TPSA) is 72.7 Å². The lowest BCUT2D eigenvalue weighted by Gasteiger charge is -2.08.